The first-order valence-corrected chi connectivity index (χ1v) is 6.95. The number of nitrogens with two attached hydrogens (primary N) is 1. The topological polar surface area (TPSA) is 30.9 Å². The molecule has 0 amide bonds. The summed E-state index contributed by atoms with van der Waals surface area (Å²) in [6, 6.07) is 7.41. The van der Waals surface area contributed by atoms with Crippen LogP contribution in [0.1, 0.15) is 30.0 Å². The molecule has 114 valence electrons. The van der Waals surface area contributed by atoms with Crippen LogP contribution in [0.5, 0.6) is 0 Å². The Balaban J connectivity index is 2.02. The number of benzene rings is 1. The molecule has 21 heavy (non-hydrogen) atoms. The lowest BCUT2D eigenvalue weighted by atomic mass is 10.1. The average molecular weight is 296 g/mol. The van der Waals surface area contributed by atoms with Crippen LogP contribution in [0.15, 0.2) is 42.7 Å². The summed E-state index contributed by atoms with van der Waals surface area (Å²) >= 11 is 0. The van der Waals surface area contributed by atoms with Gasteiger partial charge in [-0.15, -0.1) is 0 Å². The van der Waals surface area contributed by atoms with Gasteiger partial charge >= 0.3 is 6.18 Å². The highest BCUT2D eigenvalue weighted by Gasteiger charge is 2.29. The number of alkyl halides is 3. The Kier molecular flexibility index (Phi) is 4.73. The van der Waals surface area contributed by atoms with Gasteiger partial charge < -0.3 is 10.3 Å². The first-order chi connectivity index (χ1) is 9.88. The second-order valence-corrected chi connectivity index (χ2v) is 5.26. The highest BCUT2D eigenvalue weighted by atomic mass is 19.4. The van der Waals surface area contributed by atoms with Gasteiger partial charge in [-0.05, 0) is 42.2 Å². The van der Waals surface area contributed by atoms with Gasteiger partial charge in [0.05, 0.1) is 5.56 Å². The van der Waals surface area contributed by atoms with Crippen LogP contribution in [0, 0.1) is 0 Å². The quantitative estimate of drug-likeness (QED) is 0.893. The lowest BCUT2D eigenvalue weighted by molar-refractivity contribution is -0.137. The van der Waals surface area contributed by atoms with Crippen LogP contribution in [0.25, 0.3) is 0 Å². The minimum absolute atomic E-state index is 0.145. The fourth-order valence-electron chi connectivity index (χ4n) is 2.17. The van der Waals surface area contributed by atoms with Gasteiger partial charge in [0.25, 0.3) is 0 Å². The zero-order chi connectivity index (χ0) is 15.5. The molecule has 0 saturated carbocycles. The number of rotatable bonds is 5. The Labute approximate surface area is 122 Å². The van der Waals surface area contributed by atoms with Gasteiger partial charge in [0, 0.05) is 25.0 Å². The lowest BCUT2D eigenvalue weighted by Crippen LogP contribution is -2.21. The smallest absolute Gasteiger partial charge is 0.350 e. The van der Waals surface area contributed by atoms with Crippen LogP contribution in [0.2, 0.25) is 0 Å². The van der Waals surface area contributed by atoms with Crippen LogP contribution in [-0.2, 0) is 19.1 Å². The number of hydrogen-bond donors (Lipinski definition) is 1. The molecule has 0 aliphatic rings. The number of halogens is 3. The Hall–Kier alpha value is -1.75. The molecule has 2 rings (SSSR count). The van der Waals surface area contributed by atoms with E-state index in [4.69, 9.17) is 5.73 Å². The molecule has 0 fully saturated rings. The molecule has 1 aromatic carbocycles. The Bertz CT molecular complexity index is 570. The molecule has 0 radical (unpaired) electrons. The van der Waals surface area contributed by atoms with Crippen LogP contribution >= 0.6 is 0 Å². The van der Waals surface area contributed by atoms with Gasteiger partial charge in [-0.3, -0.25) is 0 Å². The summed E-state index contributed by atoms with van der Waals surface area (Å²) < 4.78 is 39.4. The highest BCUT2D eigenvalue weighted by Crippen LogP contribution is 2.29. The summed E-state index contributed by atoms with van der Waals surface area (Å²) in [4.78, 5) is 0. The van der Waals surface area contributed by atoms with Crippen molar-refractivity contribution in [2.45, 2.75) is 38.5 Å². The second kappa shape index (κ2) is 6.35. The van der Waals surface area contributed by atoms with E-state index in [-0.39, 0.29) is 6.04 Å². The van der Waals surface area contributed by atoms with Crippen molar-refractivity contribution in [3.63, 3.8) is 0 Å². The molecule has 1 atom stereocenters. The van der Waals surface area contributed by atoms with Crippen molar-refractivity contribution in [3.05, 3.63) is 59.4 Å². The van der Waals surface area contributed by atoms with Crippen molar-refractivity contribution in [2.24, 2.45) is 5.73 Å². The molecule has 1 heterocycles. The van der Waals surface area contributed by atoms with Crippen LogP contribution in [0.3, 0.4) is 0 Å². The largest absolute Gasteiger partial charge is 0.416 e. The SMILES string of the molecule is CCC(N)Cc1ccn(Cc2ccc(C(F)(F)F)cc2)c1. The lowest BCUT2D eigenvalue weighted by Gasteiger charge is -2.08. The van der Waals surface area contributed by atoms with Gasteiger partial charge in [-0.2, -0.15) is 13.2 Å². The van der Waals surface area contributed by atoms with Gasteiger partial charge in [0.15, 0.2) is 0 Å². The average Bonchev–Trinajstić information content (AvgIpc) is 2.85. The van der Waals surface area contributed by atoms with Crippen molar-refractivity contribution >= 4 is 0 Å². The summed E-state index contributed by atoms with van der Waals surface area (Å²) in [6.07, 6.45) is 1.37. The minimum atomic E-state index is -4.28. The molecule has 1 aromatic heterocycles. The predicted molar refractivity (Wildman–Crippen MR) is 76.9 cm³/mol. The van der Waals surface area contributed by atoms with E-state index in [1.807, 2.05) is 30.0 Å². The monoisotopic (exact) mass is 296 g/mol. The maximum Gasteiger partial charge on any atom is 0.416 e. The van der Waals surface area contributed by atoms with Crippen molar-refractivity contribution in [1.82, 2.24) is 4.57 Å². The maximum atomic E-state index is 12.5. The molecule has 0 aliphatic carbocycles. The summed E-state index contributed by atoms with van der Waals surface area (Å²) in [5.41, 5.74) is 7.28. The normalized spacial score (nSPS) is 13.4. The second-order valence-electron chi connectivity index (χ2n) is 5.26. The standard InChI is InChI=1S/C16H19F3N2/c1-2-15(20)9-13-7-8-21(11-13)10-12-3-5-14(6-4-12)16(17,18)19/h3-8,11,15H,2,9-10,20H2,1H3. The van der Waals surface area contributed by atoms with E-state index in [1.165, 1.54) is 12.1 Å². The van der Waals surface area contributed by atoms with E-state index in [0.717, 1.165) is 36.1 Å². The molecule has 0 aliphatic heterocycles. The molecule has 2 aromatic rings. The molecule has 0 spiro atoms. The first-order valence-electron chi connectivity index (χ1n) is 6.95. The fraction of sp³-hybridized carbons (Fsp3) is 0.375. The van der Waals surface area contributed by atoms with Gasteiger partial charge in [0.2, 0.25) is 0 Å². The number of aromatic nitrogens is 1. The molecule has 0 bridgehead atoms. The van der Waals surface area contributed by atoms with Crippen molar-refractivity contribution in [3.8, 4) is 0 Å². The van der Waals surface area contributed by atoms with E-state index >= 15 is 0 Å². The van der Waals surface area contributed by atoms with Gasteiger partial charge in [-0.1, -0.05) is 19.1 Å². The van der Waals surface area contributed by atoms with Crippen LogP contribution in [-0.4, -0.2) is 10.6 Å². The molecule has 0 saturated heterocycles. The maximum absolute atomic E-state index is 12.5. The zero-order valence-corrected chi connectivity index (χ0v) is 11.9. The van der Waals surface area contributed by atoms with E-state index in [9.17, 15) is 13.2 Å². The van der Waals surface area contributed by atoms with E-state index in [0.29, 0.717) is 6.54 Å². The fourth-order valence-corrected chi connectivity index (χ4v) is 2.17. The van der Waals surface area contributed by atoms with E-state index in [2.05, 4.69) is 0 Å². The number of nitrogens with zero attached hydrogens (tertiary/aromatic N) is 1. The third-order valence-corrected chi connectivity index (χ3v) is 3.48. The summed E-state index contributed by atoms with van der Waals surface area (Å²) in [7, 11) is 0. The Morgan fingerprint density at radius 1 is 1.10 bits per heavy atom. The molecule has 2 nitrogen and oxygen atoms in total. The van der Waals surface area contributed by atoms with Crippen molar-refractivity contribution < 1.29 is 13.2 Å². The molecule has 1 unspecified atom stereocenters. The molecule has 2 N–H and O–H groups in total. The first kappa shape index (κ1) is 15.6. The Morgan fingerprint density at radius 2 is 1.76 bits per heavy atom. The highest BCUT2D eigenvalue weighted by molar-refractivity contribution is 5.25. The minimum Gasteiger partial charge on any atom is -0.350 e. The van der Waals surface area contributed by atoms with Crippen molar-refractivity contribution in [1.29, 1.82) is 0 Å². The summed E-state index contributed by atoms with van der Waals surface area (Å²) in [5.74, 6) is 0. The predicted octanol–water partition coefficient (Wildman–Crippen LogP) is 3.84. The molecule has 5 heteroatoms. The van der Waals surface area contributed by atoms with Gasteiger partial charge in [0.1, 0.15) is 0 Å². The van der Waals surface area contributed by atoms with Crippen LogP contribution in [0.4, 0.5) is 13.2 Å². The third kappa shape index (κ3) is 4.36. The zero-order valence-electron chi connectivity index (χ0n) is 11.9. The molecular formula is C16H19F3N2. The third-order valence-electron chi connectivity index (χ3n) is 3.48. The summed E-state index contributed by atoms with van der Waals surface area (Å²) in [6.45, 7) is 2.60. The van der Waals surface area contributed by atoms with Gasteiger partial charge in [-0.25, -0.2) is 0 Å². The summed E-state index contributed by atoms with van der Waals surface area (Å²) in [5, 5.41) is 0. The van der Waals surface area contributed by atoms with Crippen molar-refractivity contribution in [2.75, 3.05) is 0 Å². The van der Waals surface area contributed by atoms with Crippen LogP contribution < -0.4 is 5.73 Å². The van der Waals surface area contributed by atoms with E-state index < -0.39 is 11.7 Å². The van der Waals surface area contributed by atoms with E-state index in [1.54, 1.807) is 0 Å². The molecular weight excluding hydrogens is 277 g/mol. The number of hydrogen-bond acceptors (Lipinski definition) is 1. The Morgan fingerprint density at radius 3 is 2.33 bits per heavy atom.